The van der Waals surface area contributed by atoms with Crippen LogP contribution in [0.25, 0.3) is 0 Å². The minimum absolute atomic E-state index is 0.389. The zero-order valence-electron chi connectivity index (χ0n) is 12.6. The molecule has 0 atom stereocenters. The summed E-state index contributed by atoms with van der Waals surface area (Å²) < 4.78 is 0. The maximum atomic E-state index is 3.58. The van der Waals surface area contributed by atoms with Crippen LogP contribution < -0.4 is 5.32 Å². The standard InChI is InChI=1S/C15H32N2/c1-6-7-10-17(14-8-9-14)12-15(4,5)11-16-13(2)3/h13-14,16H,6-12H2,1-5H3. The van der Waals surface area contributed by atoms with Crippen molar-refractivity contribution in [1.82, 2.24) is 10.2 Å². The summed E-state index contributed by atoms with van der Waals surface area (Å²) in [7, 11) is 0. The van der Waals surface area contributed by atoms with E-state index in [2.05, 4.69) is 44.8 Å². The molecule has 0 heterocycles. The SMILES string of the molecule is CCCCN(CC(C)(C)CNC(C)C)C1CC1. The van der Waals surface area contributed by atoms with E-state index in [-0.39, 0.29) is 0 Å². The lowest BCUT2D eigenvalue weighted by Crippen LogP contribution is -2.43. The molecule has 0 aliphatic heterocycles. The number of nitrogens with one attached hydrogen (secondary N) is 1. The average Bonchev–Trinajstić information content (AvgIpc) is 3.05. The van der Waals surface area contributed by atoms with E-state index in [1.54, 1.807) is 0 Å². The third-order valence-electron chi connectivity index (χ3n) is 3.48. The van der Waals surface area contributed by atoms with Crippen LogP contribution in [0.5, 0.6) is 0 Å². The maximum Gasteiger partial charge on any atom is 0.00966 e. The van der Waals surface area contributed by atoms with Gasteiger partial charge in [-0.2, -0.15) is 0 Å². The molecule has 1 saturated carbocycles. The predicted octanol–water partition coefficient (Wildman–Crippen LogP) is 3.28. The molecule has 1 fully saturated rings. The van der Waals surface area contributed by atoms with Crippen molar-refractivity contribution in [2.45, 2.75) is 72.4 Å². The summed E-state index contributed by atoms with van der Waals surface area (Å²) in [5.74, 6) is 0. The highest BCUT2D eigenvalue weighted by Crippen LogP contribution is 2.30. The normalized spacial score (nSPS) is 17.1. The quantitative estimate of drug-likeness (QED) is 0.665. The molecule has 0 aromatic rings. The van der Waals surface area contributed by atoms with Crippen molar-refractivity contribution in [1.29, 1.82) is 0 Å². The van der Waals surface area contributed by atoms with Crippen LogP contribution >= 0.6 is 0 Å². The number of hydrogen-bond donors (Lipinski definition) is 1. The first-order chi connectivity index (χ1) is 7.94. The van der Waals surface area contributed by atoms with Crippen LogP contribution in [0.4, 0.5) is 0 Å². The van der Waals surface area contributed by atoms with E-state index in [4.69, 9.17) is 0 Å². The van der Waals surface area contributed by atoms with E-state index >= 15 is 0 Å². The summed E-state index contributed by atoms with van der Waals surface area (Å²) in [6.45, 7) is 15.2. The molecule has 2 heteroatoms. The molecule has 0 aromatic carbocycles. The van der Waals surface area contributed by atoms with E-state index in [1.165, 1.54) is 38.8 Å². The van der Waals surface area contributed by atoms with Gasteiger partial charge in [-0.25, -0.2) is 0 Å². The molecule has 0 aromatic heterocycles. The van der Waals surface area contributed by atoms with Crippen molar-refractivity contribution in [3.8, 4) is 0 Å². The molecule has 0 amide bonds. The first-order valence-electron chi connectivity index (χ1n) is 7.42. The fraction of sp³-hybridized carbons (Fsp3) is 1.00. The van der Waals surface area contributed by atoms with Crippen molar-refractivity contribution in [2.75, 3.05) is 19.6 Å². The van der Waals surface area contributed by atoms with Gasteiger partial charge in [0, 0.05) is 25.2 Å². The largest absolute Gasteiger partial charge is 0.314 e. The predicted molar refractivity (Wildman–Crippen MR) is 76.4 cm³/mol. The van der Waals surface area contributed by atoms with Crippen LogP contribution in [0.3, 0.4) is 0 Å². The Morgan fingerprint density at radius 1 is 1.29 bits per heavy atom. The zero-order chi connectivity index (χ0) is 12.9. The average molecular weight is 240 g/mol. The van der Waals surface area contributed by atoms with Gasteiger partial charge in [0.05, 0.1) is 0 Å². The molecule has 1 aliphatic rings. The van der Waals surface area contributed by atoms with Gasteiger partial charge in [-0.05, 0) is 31.2 Å². The Morgan fingerprint density at radius 3 is 2.41 bits per heavy atom. The van der Waals surface area contributed by atoms with Gasteiger partial charge in [0.1, 0.15) is 0 Å². The van der Waals surface area contributed by atoms with Gasteiger partial charge >= 0.3 is 0 Å². The van der Waals surface area contributed by atoms with Crippen molar-refractivity contribution < 1.29 is 0 Å². The Kier molecular flexibility index (Phi) is 5.94. The molecular formula is C15H32N2. The molecule has 1 aliphatic carbocycles. The minimum atomic E-state index is 0.389. The topological polar surface area (TPSA) is 15.3 Å². The van der Waals surface area contributed by atoms with E-state index in [0.29, 0.717) is 11.5 Å². The molecule has 1 N–H and O–H groups in total. The van der Waals surface area contributed by atoms with Crippen LogP contribution in [0, 0.1) is 5.41 Å². The summed E-state index contributed by atoms with van der Waals surface area (Å²) in [5.41, 5.74) is 0.389. The zero-order valence-corrected chi connectivity index (χ0v) is 12.6. The van der Waals surface area contributed by atoms with Crippen molar-refractivity contribution in [3.05, 3.63) is 0 Å². The monoisotopic (exact) mass is 240 g/mol. The molecule has 0 radical (unpaired) electrons. The first-order valence-corrected chi connectivity index (χ1v) is 7.42. The number of rotatable bonds is 9. The van der Waals surface area contributed by atoms with Crippen molar-refractivity contribution in [2.24, 2.45) is 5.41 Å². The highest BCUT2D eigenvalue weighted by atomic mass is 15.2. The third kappa shape index (κ3) is 6.42. The Hall–Kier alpha value is -0.0800. The first kappa shape index (κ1) is 15.0. The Balaban J connectivity index is 2.35. The Morgan fingerprint density at radius 2 is 1.94 bits per heavy atom. The summed E-state index contributed by atoms with van der Waals surface area (Å²) in [5, 5.41) is 3.58. The molecule has 0 saturated heterocycles. The lowest BCUT2D eigenvalue weighted by Gasteiger charge is -2.33. The van der Waals surface area contributed by atoms with Crippen LogP contribution in [-0.4, -0.2) is 36.6 Å². The van der Waals surface area contributed by atoms with Crippen LogP contribution in [0.1, 0.15) is 60.3 Å². The summed E-state index contributed by atoms with van der Waals surface area (Å²) in [6.07, 6.45) is 5.52. The number of hydrogen-bond acceptors (Lipinski definition) is 2. The third-order valence-corrected chi connectivity index (χ3v) is 3.48. The van der Waals surface area contributed by atoms with E-state index < -0.39 is 0 Å². The van der Waals surface area contributed by atoms with Gasteiger partial charge in [0.2, 0.25) is 0 Å². The Labute approximate surface area is 108 Å². The summed E-state index contributed by atoms with van der Waals surface area (Å²) >= 11 is 0. The lowest BCUT2D eigenvalue weighted by atomic mass is 9.92. The number of nitrogens with zero attached hydrogens (tertiary/aromatic N) is 1. The minimum Gasteiger partial charge on any atom is -0.314 e. The molecule has 17 heavy (non-hydrogen) atoms. The van der Waals surface area contributed by atoms with Crippen molar-refractivity contribution in [3.63, 3.8) is 0 Å². The van der Waals surface area contributed by atoms with Gasteiger partial charge < -0.3 is 5.32 Å². The van der Waals surface area contributed by atoms with Gasteiger partial charge in [0.15, 0.2) is 0 Å². The maximum absolute atomic E-state index is 3.58. The van der Waals surface area contributed by atoms with Gasteiger partial charge in [0.25, 0.3) is 0 Å². The van der Waals surface area contributed by atoms with Crippen molar-refractivity contribution >= 4 is 0 Å². The molecule has 0 bridgehead atoms. The van der Waals surface area contributed by atoms with Crippen LogP contribution in [0.2, 0.25) is 0 Å². The highest BCUT2D eigenvalue weighted by Gasteiger charge is 2.32. The lowest BCUT2D eigenvalue weighted by molar-refractivity contribution is 0.162. The van der Waals surface area contributed by atoms with Gasteiger partial charge in [-0.15, -0.1) is 0 Å². The van der Waals surface area contributed by atoms with Gasteiger partial charge in [-0.3, -0.25) is 4.90 Å². The second kappa shape index (κ2) is 6.75. The Bertz CT molecular complexity index is 207. The smallest absolute Gasteiger partial charge is 0.00966 e. The number of unbranched alkanes of at least 4 members (excludes halogenated alkanes) is 1. The summed E-state index contributed by atoms with van der Waals surface area (Å²) in [4.78, 5) is 2.73. The second-order valence-electron chi connectivity index (χ2n) is 6.76. The fourth-order valence-corrected chi connectivity index (χ4v) is 2.28. The van der Waals surface area contributed by atoms with E-state index in [0.717, 1.165) is 12.6 Å². The van der Waals surface area contributed by atoms with E-state index in [1.807, 2.05) is 0 Å². The molecular weight excluding hydrogens is 208 g/mol. The molecule has 0 spiro atoms. The highest BCUT2D eigenvalue weighted by molar-refractivity contribution is 4.88. The van der Waals surface area contributed by atoms with Crippen LogP contribution in [0.15, 0.2) is 0 Å². The molecule has 1 rings (SSSR count). The van der Waals surface area contributed by atoms with Crippen LogP contribution in [-0.2, 0) is 0 Å². The second-order valence-corrected chi connectivity index (χ2v) is 6.76. The molecule has 102 valence electrons. The molecule has 0 unspecified atom stereocenters. The molecule has 2 nitrogen and oxygen atoms in total. The fourth-order valence-electron chi connectivity index (χ4n) is 2.28. The summed E-state index contributed by atoms with van der Waals surface area (Å²) in [6, 6.07) is 1.50. The van der Waals surface area contributed by atoms with E-state index in [9.17, 15) is 0 Å². The van der Waals surface area contributed by atoms with Gasteiger partial charge in [-0.1, -0.05) is 41.0 Å².